The predicted molar refractivity (Wildman–Crippen MR) is 103 cm³/mol. The van der Waals surface area contributed by atoms with E-state index in [0.29, 0.717) is 6.47 Å². The van der Waals surface area contributed by atoms with Gasteiger partial charge in [0.25, 0.3) is 6.47 Å². The Bertz CT molecular complexity index is 486. The van der Waals surface area contributed by atoms with Gasteiger partial charge in [0.1, 0.15) is 5.60 Å². The lowest BCUT2D eigenvalue weighted by Crippen LogP contribution is -2.35. The van der Waals surface area contributed by atoms with Crippen LogP contribution in [-0.4, -0.2) is 83.9 Å². The van der Waals surface area contributed by atoms with Gasteiger partial charge < -0.3 is 19.3 Å². The SMILES string of the molecule is CC(C)(C)OC=O.[B]C([B])(C/C=C/C(=O)N(C)C)C(C)OC(=O)N(C)C. The number of rotatable bonds is 6. The fourth-order valence-corrected chi connectivity index (χ4v) is 1.19. The van der Waals surface area contributed by atoms with E-state index in [2.05, 4.69) is 4.74 Å². The summed E-state index contributed by atoms with van der Waals surface area (Å²) in [5.74, 6) is -0.159. The van der Waals surface area contributed by atoms with Crippen LogP contribution in [0.3, 0.4) is 0 Å². The molecule has 144 valence electrons. The fourth-order valence-electron chi connectivity index (χ4n) is 1.19. The lowest BCUT2D eigenvalue weighted by Gasteiger charge is -2.32. The van der Waals surface area contributed by atoms with Crippen molar-refractivity contribution in [1.82, 2.24) is 9.80 Å². The van der Waals surface area contributed by atoms with Crippen LogP contribution < -0.4 is 0 Å². The van der Waals surface area contributed by atoms with Gasteiger partial charge in [-0.05, 0) is 40.2 Å². The van der Waals surface area contributed by atoms with Crippen molar-refractivity contribution in [3.05, 3.63) is 12.2 Å². The van der Waals surface area contributed by atoms with Gasteiger partial charge in [0.2, 0.25) is 5.91 Å². The van der Waals surface area contributed by atoms with E-state index in [-0.39, 0.29) is 17.9 Å². The van der Waals surface area contributed by atoms with Gasteiger partial charge in [-0.25, -0.2) is 4.79 Å². The van der Waals surface area contributed by atoms with Crippen LogP contribution >= 0.6 is 0 Å². The van der Waals surface area contributed by atoms with E-state index in [4.69, 9.17) is 20.4 Å². The Balaban J connectivity index is 0. The molecule has 0 aliphatic carbocycles. The molecule has 0 spiro atoms. The summed E-state index contributed by atoms with van der Waals surface area (Å²) < 4.78 is 9.64. The Morgan fingerprint density at radius 2 is 1.58 bits per heavy atom. The lowest BCUT2D eigenvalue weighted by molar-refractivity contribution is -0.138. The highest BCUT2D eigenvalue weighted by Crippen LogP contribution is 2.29. The van der Waals surface area contributed by atoms with Crippen molar-refractivity contribution in [3.8, 4) is 0 Å². The molecule has 0 saturated heterocycles. The van der Waals surface area contributed by atoms with E-state index < -0.39 is 17.4 Å². The Morgan fingerprint density at radius 3 is 1.88 bits per heavy atom. The van der Waals surface area contributed by atoms with Gasteiger partial charge >= 0.3 is 6.09 Å². The fraction of sp³-hybridized carbons (Fsp3) is 0.706. The first-order valence-corrected chi connectivity index (χ1v) is 8.09. The molecule has 4 radical (unpaired) electrons. The summed E-state index contributed by atoms with van der Waals surface area (Å²) in [6.07, 6.45) is 1.98. The molecule has 0 heterocycles. The van der Waals surface area contributed by atoms with Crippen molar-refractivity contribution in [1.29, 1.82) is 0 Å². The van der Waals surface area contributed by atoms with Crippen LogP contribution in [0, 0.1) is 0 Å². The maximum atomic E-state index is 11.4. The van der Waals surface area contributed by atoms with Gasteiger partial charge in [0, 0.05) is 28.2 Å². The number of carbonyl (C=O) groups is 3. The van der Waals surface area contributed by atoms with Crippen molar-refractivity contribution in [2.45, 2.75) is 51.0 Å². The van der Waals surface area contributed by atoms with Crippen molar-refractivity contribution < 1.29 is 23.9 Å². The summed E-state index contributed by atoms with van der Waals surface area (Å²) in [6, 6.07) is 0. The van der Waals surface area contributed by atoms with E-state index in [0.717, 1.165) is 0 Å². The van der Waals surface area contributed by atoms with Crippen molar-refractivity contribution in [2.75, 3.05) is 28.2 Å². The molecule has 0 fully saturated rings. The summed E-state index contributed by atoms with van der Waals surface area (Å²) in [5, 5.41) is -1.23. The van der Waals surface area contributed by atoms with E-state index in [1.54, 1.807) is 41.2 Å². The summed E-state index contributed by atoms with van der Waals surface area (Å²) in [7, 11) is 18.2. The van der Waals surface area contributed by atoms with Crippen molar-refractivity contribution in [2.24, 2.45) is 0 Å². The zero-order valence-electron chi connectivity index (χ0n) is 17.1. The minimum atomic E-state index is -1.23. The van der Waals surface area contributed by atoms with Crippen LogP contribution in [0.5, 0.6) is 0 Å². The molecule has 2 amide bonds. The Kier molecular flexibility index (Phi) is 11.8. The highest BCUT2D eigenvalue weighted by Gasteiger charge is 2.27. The smallest absolute Gasteiger partial charge is 0.409 e. The average Bonchev–Trinajstić information content (AvgIpc) is 2.45. The first-order valence-electron chi connectivity index (χ1n) is 8.09. The molecule has 0 aromatic rings. The molecule has 0 N–H and O–H groups in total. The van der Waals surface area contributed by atoms with Gasteiger partial charge in [-0.1, -0.05) is 11.3 Å². The molecule has 0 aliphatic rings. The molecule has 1 atom stereocenters. The zero-order valence-corrected chi connectivity index (χ0v) is 17.1. The zero-order chi connectivity index (χ0) is 21.1. The maximum Gasteiger partial charge on any atom is 0.409 e. The van der Waals surface area contributed by atoms with E-state index in [1.807, 2.05) is 20.8 Å². The minimum absolute atomic E-state index is 0.159. The van der Waals surface area contributed by atoms with Crippen LogP contribution in [0.25, 0.3) is 0 Å². The molecule has 7 nitrogen and oxygen atoms in total. The molecule has 26 heavy (non-hydrogen) atoms. The van der Waals surface area contributed by atoms with Gasteiger partial charge in [-0.15, -0.1) is 0 Å². The largest absolute Gasteiger partial charge is 0.462 e. The molecule has 0 bridgehead atoms. The second kappa shape index (κ2) is 11.6. The van der Waals surface area contributed by atoms with Gasteiger partial charge in [0.05, 0.1) is 21.8 Å². The number of hydrogen-bond acceptors (Lipinski definition) is 5. The number of allylic oxidation sites excluding steroid dienone is 1. The Hall–Kier alpha value is -1.92. The number of ether oxygens (including phenoxy) is 2. The number of amides is 2. The third kappa shape index (κ3) is 13.4. The van der Waals surface area contributed by atoms with E-state index >= 15 is 0 Å². The van der Waals surface area contributed by atoms with Crippen LogP contribution in [0.1, 0.15) is 34.1 Å². The van der Waals surface area contributed by atoms with Gasteiger partial charge in [-0.3, -0.25) is 9.59 Å². The van der Waals surface area contributed by atoms with Crippen molar-refractivity contribution in [3.63, 3.8) is 0 Å². The molecule has 0 saturated carbocycles. The van der Waals surface area contributed by atoms with Crippen LogP contribution in [0.15, 0.2) is 12.2 Å². The first kappa shape index (κ1) is 26.3. The normalized spacial score (nSPS) is 12.5. The minimum Gasteiger partial charge on any atom is -0.462 e. The van der Waals surface area contributed by atoms with Gasteiger partial charge in [0.15, 0.2) is 0 Å². The summed E-state index contributed by atoms with van der Waals surface area (Å²) >= 11 is 0. The third-order valence-electron chi connectivity index (χ3n) is 2.97. The summed E-state index contributed by atoms with van der Waals surface area (Å²) in [6.45, 7) is 7.53. The molecular weight excluding hydrogens is 334 g/mol. The second-order valence-corrected chi connectivity index (χ2v) is 7.20. The Labute approximate surface area is 159 Å². The van der Waals surface area contributed by atoms with Crippen LogP contribution in [0.2, 0.25) is 5.21 Å². The average molecular weight is 364 g/mol. The number of nitrogens with zero attached hydrogens (tertiary/aromatic N) is 2. The molecule has 0 aliphatic heterocycles. The van der Waals surface area contributed by atoms with E-state index in [1.165, 1.54) is 15.9 Å². The molecule has 1 unspecified atom stereocenters. The molecule has 0 rings (SSSR count). The maximum absolute atomic E-state index is 11.4. The topological polar surface area (TPSA) is 76.1 Å². The molecular formula is C17H30B2N2O5. The number of hydrogen-bond donors (Lipinski definition) is 0. The van der Waals surface area contributed by atoms with Crippen LogP contribution in [-0.2, 0) is 19.1 Å². The third-order valence-corrected chi connectivity index (χ3v) is 2.97. The molecule has 0 aromatic carbocycles. The predicted octanol–water partition coefficient (Wildman–Crippen LogP) is 1.52. The standard InChI is InChI=1S/C12H20B2N2O3.C5H10O2/c1-9(19-11(18)16(4)5)12(13,14)8-6-7-10(17)15(2)3;1-5(2,3)7-4-6/h6-7,9H,8H2,1-5H3;4H,1-3H3/b7-6+;. The number of likely N-dealkylation sites (N-methyl/N-ethyl adjacent to an activating group) is 1. The second-order valence-electron chi connectivity index (χ2n) is 7.20. The monoisotopic (exact) mass is 364 g/mol. The lowest BCUT2D eigenvalue weighted by atomic mass is 9.50. The molecule has 0 aromatic heterocycles. The summed E-state index contributed by atoms with van der Waals surface area (Å²) in [4.78, 5) is 35.0. The van der Waals surface area contributed by atoms with Crippen molar-refractivity contribution >= 4 is 34.2 Å². The highest BCUT2D eigenvalue weighted by molar-refractivity contribution is 6.40. The summed E-state index contributed by atoms with van der Waals surface area (Å²) in [5.41, 5.74) is -0.318. The van der Waals surface area contributed by atoms with E-state index in [9.17, 15) is 14.4 Å². The van der Waals surface area contributed by atoms with Gasteiger partial charge in [-0.2, -0.15) is 0 Å². The Morgan fingerprint density at radius 1 is 1.08 bits per heavy atom. The van der Waals surface area contributed by atoms with Crippen LogP contribution in [0.4, 0.5) is 4.79 Å². The quantitative estimate of drug-likeness (QED) is 0.406. The first-order chi connectivity index (χ1) is 11.6. The molecule has 9 heteroatoms. The highest BCUT2D eigenvalue weighted by atomic mass is 16.6. The number of carbonyl (C=O) groups excluding carboxylic acids is 3.